The van der Waals surface area contributed by atoms with E-state index in [2.05, 4.69) is 4.72 Å². The van der Waals surface area contributed by atoms with E-state index in [1.54, 1.807) is 0 Å². The summed E-state index contributed by atoms with van der Waals surface area (Å²) >= 11 is 5.89. The molecule has 0 radical (unpaired) electrons. The Hall–Kier alpha value is -0.620. The van der Waals surface area contributed by atoms with Crippen LogP contribution < -0.4 is 4.72 Å². The molecule has 1 N–H and O–H groups in total. The van der Waals surface area contributed by atoms with Gasteiger partial charge in [0.2, 0.25) is 10.0 Å². The van der Waals surface area contributed by atoms with Crippen LogP contribution in [0.1, 0.15) is 24.8 Å². The van der Waals surface area contributed by atoms with Gasteiger partial charge in [0, 0.05) is 23.6 Å². The minimum absolute atomic E-state index is 0.00354. The van der Waals surface area contributed by atoms with Crippen molar-refractivity contribution in [3.8, 4) is 0 Å². The fourth-order valence-electron chi connectivity index (χ4n) is 2.82. The third-order valence-corrected chi connectivity index (χ3v) is 6.45. The van der Waals surface area contributed by atoms with Crippen LogP contribution in [0.4, 0.5) is 0 Å². The second kappa shape index (κ2) is 6.24. The van der Waals surface area contributed by atoms with Crippen molar-refractivity contribution >= 4 is 21.6 Å². The molecule has 116 valence electrons. The number of benzene rings is 1. The summed E-state index contributed by atoms with van der Waals surface area (Å²) in [5.74, 6) is -0.00354. The summed E-state index contributed by atoms with van der Waals surface area (Å²) in [6.45, 7) is 1.02. The highest BCUT2D eigenvalue weighted by atomic mass is 35.5. The van der Waals surface area contributed by atoms with E-state index in [4.69, 9.17) is 16.3 Å². The number of sulfonamides is 1. The number of nitrogens with one attached hydrogen (secondary N) is 1. The van der Waals surface area contributed by atoms with Crippen molar-refractivity contribution in [1.29, 1.82) is 0 Å². The van der Waals surface area contributed by atoms with Gasteiger partial charge < -0.3 is 4.74 Å². The van der Waals surface area contributed by atoms with Crippen LogP contribution in [0.3, 0.4) is 0 Å². The number of hydrogen-bond donors (Lipinski definition) is 1. The van der Waals surface area contributed by atoms with Gasteiger partial charge in [0.1, 0.15) is 0 Å². The van der Waals surface area contributed by atoms with Crippen molar-refractivity contribution < 1.29 is 13.2 Å². The maximum absolute atomic E-state index is 12.5. The van der Waals surface area contributed by atoms with E-state index in [1.807, 2.05) is 24.3 Å². The van der Waals surface area contributed by atoms with Crippen LogP contribution in [-0.4, -0.2) is 32.9 Å². The van der Waals surface area contributed by atoms with Crippen molar-refractivity contribution in [1.82, 2.24) is 4.72 Å². The number of ether oxygens (including phenoxy) is 1. The molecular formula is C15H20ClNO3S. The summed E-state index contributed by atoms with van der Waals surface area (Å²) in [5, 5.41) is 0.334. The molecule has 1 heterocycles. The van der Waals surface area contributed by atoms with Gasteiger partial charge in [0.15, 0.2) is 0 Å². The molecule has 1 aliphatic heterocycles. The van der Waals surface area contributed by atoms with Crippen molar-refractivity contribution in [2.75, 3.05) is 13.2 Å². The minimum Gasteiger partial charge on any atom is -0.381 e. The molecule has 0 aromatic heterocycles. The van der Waals surface area contributed by atoms with Crippen LogP contribution in [0.5, 0.6) is 0 Å². The second-order valence-electron chi connectivity index (χ2n) is 5.93. The first kappa shape index (κ1) is 15.3. The lowest BCUT2D eigenvalue weighted by atomic mass is 9.94. The van der Waals surface area contributed by atoms with Crippen LogP contribution in [-0.2, 0) is 21.2 Å². The standard InChI is InChI=1S/C15H20ClNO3S/c16-13-3-1-11(2-4-13)9-12-10-20-8-7-15(12)21(18,19)17-14-5-6-14/h1-4,12,14-15,17H,5-10H2/t12-,15+/m1/s1. The van der Waals surface area contributed by atoms with E-state index in [-0.39, 0.29) is 17.2 Å². The zero-order chi connectivity index (χ0) is 14.9. The summed E-state index contributed by atoms with van der Waals surface area (Å²) in [7, 11) is -3.25. The molecule has 1 aliphatic carbocycles. The predicted octanol–water partition coefficient (Wildman–Crippen LogP) is 2.37. The average Bonchev–Trinajstić information content (AvgIpc) is 3.25. The Morgan fingerprint density at radius 1 is 1.19 bits per heavy atom. The molecule has 2 atom stereocenters. The summed E-state index contributed by atoms with van der Waals surface area (Å²) in [4.78, 5) is 0. The van der Waals surface area contributed by atoms with Gasteiger partial charge in [0.25, 0.3) is 0 Å². The van der Waals surface area contributed by atoms with E-state index in [9.17, 15) is 8.42 Å². The highest BCUT2D eigenvalue weighted by Crippen LogP contribution is 2.28. The molecule has 1 saturated carbocycles. The molecule has 1 aromatic rings. The van der Waals surface area contributed by atoms with Gasteiger partial charge in [-0.25, -0.2) is 13.1 Å². The van der Waals surface area contributed by atoms with Crippen LogP contribution in [0.25, 0.3) is 0 Å². The normalized spacial score (nSPS) is 26.7. The first-order valence-corrected chi connectivity index (χ1v) is 9.30. The number of hydrogen-bond acceptors (Lipinski definition) is 3. The van der Waals surface area contributed by atoms with Gasteiger partial charge in [-0.2, -0.15) is 0 Å². The molecule has 0 bridgehead atoms. The summed E-state index contributed by atoms with van der Waals surface area (Å²) < 4.78 is 33.3. The highest BCUT2D eigenvalue weighted by molar-refractivity contribution is 7.90. The maximum Gasteiger partial charge on any atom is 0.215 e. The summed E-state index contributed by atoms with van der Waals surface area (Å²) in [6.07, 6.45) is 3.20. The van der Waals surface area contributed by atoms with Crippen molar-refractivity contribution in [3.63, 3.8) is 0 Å². The molecule has 0 amide bonds. The van der Waals surface area contributed by atoms with Crippen molar-refractivity contribution in [2.45, 2.75) is 37.0 Å². The van der Waals surface area contributed by atoms with Gasteiger partial charge in [-0.15, -0.1) is 0 Å². The zero-order valence-corrected chi connectivity index (χ0v) is 13.4. The highest BCUT2D eigenvalue weighted by Gasteiger charge is 2.39. The second-order valence-corrected chi connectivity index (χ2v) is 8.30. The van der Waals surface area contributed by atoms with Gasteiger partial charge in [0.05, 0.1) is 11.9 Å². The molecule has 0 spiro atoms. The quantitative estimate of drug-likeness (QED) is 0.902. The molecule has 2 aliphatic rings. The first-order valence-electron chi connectivity index (χ1n) is 7.38. The minimum atomic E-state index is -3.25. The lowest BCUT2D eigenvalue weighted by Gasteiger charge is -2.31. The molecule has 2 fully saturated rings. The molecule has 1 saturated heterocycles. The lowest BCUT2D eigenvalue weighted by molar-refractivity contribution is 0.0570. The fraction of sp³-hybridized carbons (Fsp3) is 0.600. The molecule has 6 heteroatoms. The van der Waals surface area contributed by atoms with Crippen LogP contribution in [0.2, 0.25) is 5.02 Å². The molecule has 3 rings (SSSR count). The van der Waals surface area contributed by atoms with E-state index < -0.39 is 10.0 Å². The fourth-order valence-corrected chi connectivity index (χ4v) is 4.91. The Morgan fingerprint density at radius 2 is 1.90 bits per heavy atom. The summed E-state index contributed by atoms with van der Waals surface area (Å²) in [6, 6.07) is 7.75. The largest absolute Gasteiger partial charge is 0.381 e. The Labute approximate surface area is 130 Å². The third-order valence-electron chi connectivity index (χ3n) is 4.12. The SMILES string of the molecule is O=S(=O)(NC1CC1)[C@H]1CCOC[C@H]1Cc1ccc(Cl)cc1. The zero-order valence-electron chi connectivity index (χ0n) is 11.8. The Morgan fingerprint density at radius 3 is 2.57 bits per heavy atom. The molecular weight excluding hydrogens is 310 g/mol. The van der Waals surface area contributed by atoms with E-state index in [0.29, 0.717) is 31.1 Å². The van der Waals surface area contributed by atoms with E-state index in [0.717, 1.165) is 18.4 Å². The molecule has 0 unspecified atom stereocenters. The monoisotopic (exact) mass is 329 g/mol. The third kappa shape index (κ3) is 3.97. The van der Waals surface area contributed by atoms with Gasteiger partial charge in [-0.1, -0.05) is 23.7 Å². The average molecular weight is 330 g/mol. The van der Waals surface area contributed by atoms with E-state index in [1.165, 1.54) is 0 Å². The molecule has 1 aromatic carbocycles. The van der Waals surface area contributed by atoms with Crippen LogP contribution >= 0.6 is 11.6 Å². The topological polar surface area (TPSA) is 55.4 Å². The molecule has 21 heavy (non-hydrogen) atoms. The van der Waals surface area contributed by atoms with Crippen molar-refractivity contribution in [3.05, 3.63) is 34.9 Å². The smallest absolute Gasteiger partial charge is 0.215 e. The van der Waals surface area contributed by atoms with Gasteiger partial charge in [-0.05, 0) is 43.4 Å². The summed E-state index contributed by atoms with van der Waals surface area (Å²) in [5.41, 5.74) is 1.10. The Kier molecular flexibility index (Phi) is 4.54. The van der Waals surface area contributed by atoms with Crippen molar-refractivity contribution in [2.24, 2.45) is 5.92 Å². The van der Waals surface area contributed by atoms with Gasteiger partial charge >= 0.3 is 0 Å². The Balaban J connectivity index is 1.72. The van der Waals surface area contributed by atoms with Crippen LogP contribution in [0.15, 0.2) is 24.3 Å². The van der Waals surface area contributed by atoms with E-state index >= 15 is 0 Å². The number of halogens is 1. The number of rotatable bonds is 5. The predicted molar refractivity (Wildman–Crippen MR) is 82.9 cm³/mol. The maximum atomic E-state index is 12.5. The van der Waals surface area contributed by atoms with Crippen LogP contribution in [0, 0.1) is 5.92 Å². The lowest BCUT2D eigenvalue weighted by Crippen LogP contribution is -2.45. The first-order chi connectivity index (χ1) is 10.0. The Bertz CT molecular complexity index is 583. The van der Waals surface area contributed by atoms with Gasteiger partial charge in [-0.3, -0.25) is 0 Å². The molecule has 4 nitrogen and oxygen atoms in total.